The van der Waals surface area contributed by atoms with Crippen LogP contribution in [0.15, 0.2) is 6.20 Å². The van der Waals surface area contributed by atoms with Crippen LogP contribution >= 0.6 is 11.3 Å². The highest BCUT2D eigenvalue weighted by Gasteiger charge is 2.20. The van der Waals surface area contributed by atoms with Crippen LogP contribution in [-0.4, -0.2) is 24.9 Å². The van der Waals surface area contributed by atoms with Gasteiger partial charge in [-0.2, -0.15) is 5.10 Å². The minimum atomic E-state index is -0.458. The Hall–Kier alpha value is -2.03. The zero-order chi connectivity index (χ0) is 12.6. The highest BCUT2D eigenvalue weighted by molar-refractivity contribution is 7.15. The Morgan fingerprint density at radius 1 is 1.59 bits per heavy atom. The maximum absolute atomic E-state index is 10.7. The molecule has 0 radical (unpaired) electrons. The zero-order valence-electron chi connectivity index (χ0n) is 9.19. The number of hydrogen-bond acceptors (Lipinski definition) is 7. The van der Waals surface area contributed by atoms with Crippen molar-refractivity contribution >= 4 is 22.2 Å². The van der Waals surface area contributed by atoms with Crippen molar-refractivity contribution in [3.8, 4) is 0 Å². The number of aromatic nitrogens is 4. The fourth-order valence-electron chi connectivity index (χ4n) is 1.38. The molecule has 2 aromatic heterocycles. The standard InChI is InChI=1S/C8H10N6O2S/c1-4-6(14(15)16)3-13(12-4)5(2)7-10-11-8(9)17-7/h3,5H,1-2H3,(H2,9,11). The summed E-state index contributed by atoms with van der Waals surface area (Å²) >= 11 is 1.24. The molecule has 1 unspecified atom stereocenters. The van der Waals surface area contributed by atoms with E-state index in [-0.39, 0.29) is 11.7 Å². The highest BCUT2D eigenvalue weighted by Crippen LogP contribution is 2.25. The zero-order valence-corrected chi connectivity index (χ0v) is 10.0. The van der Waals surface area contributed by atoms with Crippen molar-refractivity contribution in [1.82, 2.24) is 20.0 Å². The van der Waals surface area contributed by atoms with Crippen LogP contribution in [0, 0.1) is 17.0 Å². The molecule has 0 bridgehead atoms. The van der Waals surface area contributed by atoms with Crippen molar-refractivity contribution in [3.05, 3.63) is 27.0 Å². The minimum absolute atomic E-state index is 0.00524. The maximum atomic E-state index is 10.7. The quantitative estimate of drug-likeness (QED) is 0.649. The largest absolute Gasteiger partial charge is 0.374 e. The van der Waals surface area contributed by atoms with E-state index in [0.717, 1.165) is 0 Å². The number of rotatable bonds is 3. The van der Waals surface area contributed by atoms with Crippen LogP contribution in [0.25, 0.3) is 0 Å². The molecule has 1 atom stereocenters. The van der Waals surface area contributed by atoms with Crippen molar-refractivity contribution in [2.75, 3.05) is 5.73 Å². The molecule has 0 fully saturated rings. The Labute approximate surface area is 100 Å². The van der Waals surface area contributed by atoms with Crippen LogP contribution < -0.4 is 5.73 Å². The summed E-state index contributed by atoms with van der Waals surface area (Å²) in [4.78, 5) is 10.2. The minimum Gasteiger partial charge on any atom is -0.374 e. The van der Waals surface area contributed by atoms with Crippen LogP contribution in [0.5, 0.6) is 0 Å². The SMILES string of the molecule is Cc1nn(C(C)c2nnc(N)s2)cc1[N+](=O)[O-]. The second-order valence-electron chi connectivity index (χ2n) is 3.49. The van der Waals surface area contributed by atoms with Gasteiger partial charge in [0.1, 0.15) is 22.9 Å². The fourth-order valence-corrected chi connectivity index (χ4v) is 2.03. The molecule has 2 rings (SSSR count). The Bertz CT molecular complexity index is 562. The van der Waals surface area contributed by atoms with Crippen LogP contribution in [0.2, 0.25) is 0 Å². The number of nitro groups is 1. The molecule has 9 heteroatoms. The number of nitrogens with two attached hydrogens (primary N) is 1. The van der Waals surface area contributed by atoms with E-state index in [9.17, 15) is 10.1 Å². The molecule has 0 saturated carbocycles. The molecule has 8 nitrogen and oxygen atoms in total. The lowest BCUT2D eigenvalue weighted by atomic mass is 10.4. The van der Waals surface area contributed by atoms with E-state index in [1.807, 2.05) is 6.92 Å². The van der Waals surface area contributed by atoms with Crippen molar-refractivity contribution in [2.24, 2.45) is 0 Å². The molecule has 90 valence electrons. The van der Waals surface area contributed by atoms with Crippen molar-refractivity contribution < 1.29 is 4.92 Å². The van der Waals surface area contributed by atoms with E-state index in [4.69, 9.17) is 5.73 Å². The van der Waals surface area contributed by atoms with Gasteiger partial charge in [-0.05, 0) is 13.8 Å². The summed E-state index contributed by atoms with van der Waals surface area (Å²) in [6.07, 6.45) is 1.39. The predicted octanol–water partition coefficient (Wildman–Crippen LogP) is 1.14. The van der Waals surface area contributed by atoms with Crippen LogP contribution in [0.1, 0.15) is 23.7 Å². The first-order valence-corrected chi connectivity index (χ1v) is 5.59. The number of hydrogen-bond donors (Lipinski definition) is 1. The van der Waals surface area contributed by atoms with E-state index >= 15 is 0 Å². The van der Waals surface area contributed by atoms with Crippen LogP contribution in [0.4, 0.5) is 10.8 Å². The number of aryl methyl sites for hydroxylation is 1. The Kier molecular flexibility index (Phi) is 2.76. The molecule has 0 aromatic carbocycles. The summed E-state index contributed by atoms with van der Waals surface area (Å²) in [5.41, 5.74) is 5.85. The Morgan fingerprint density at radius 3 is 2.76 bits per heavy atom. The molecule has 0 spiro atoms. The van der Waals surface area contributed by atoms with Gasteiger partial charge in [-0.25, -0.2) is 0 Å². The van der Waals surface area contributed by atoms with E-state index in [1.54, 1.807) is 6.92 Å². The van der Waals surface area contributed by atoms with E-state index in [2.05, 4.69) is 15.3 Å². The van der Waals surface area contributed by atoms with Gasteiger partial charge >= 0.3 is 5.69 Å². The van der Waals surface area contributed by atoms with E-state index in [0.29, 0.717) is 15.8 Å². The first kappa shape index (κ1) is 11.5. The summed E-state index contributed by atoms with van der Waals surface area (Å²) in [5.74, 6) is 0. The summed E-state index contributed by atoms with van der Waals surface area (Å²) < 4.78 is 1.49. The Morgan fingerprint density at radius 2 is 2.29 bits per heavy atom. The molecule has 0 aliphatic rings. The molecule has 0 aliphatic heterocycles. The van der Waals surface area contributed by atoms with Gasteiger partial charge in [0.05, 0.1) is 4.92 Å². The molecular formula is C8H10N6O2S. The van der Waals surface area contributed by atoms with Gasteiger partial charge in [0.15, 0.2) is 0 Å². The molecule has 0 aliphatic carbocycles. The topological polar surface area (TPSA) is 113 Å². The van der Waals surface area contributed by atoms with Gasteiger partial charge in [0.25, 0.3) is 0 Å². The lowest BCUT2D eigenvalue weighted by Gasteiger charge is -2.06. The highest BCUT2D eigenvalue weighted by atomic mass is 32.1. The molecule has 2 N–H and O–H groups in total. The average molecular weight is 254 g/mol. The first-order chi connectivity index (χ1) is 7.99. The van der Waals surface area contributed by atoms with E-state index in [1.165, 1.54) is 22.2 Å². The third-order valence-electron chi connectivity index (χ3n) is 2.30. The third kappa shape index (κ3) is 2.09. The van der Waals surface area contributed by atoms with Crippen molar-refractivity contribution in [1.29, 1.82) is 0 Å². The summed E-state index contributed by atoms with van der Waals surface area (Å²) in [6, 6.07) is -0.225. The smallest absolute Gasteiger partial charge is 0.309 e. The normalized spacial score (nSPS) is 12.6. The summed E-state index contributed by atoms with van der Waals surface area (Å²) in [7, 11) is 0. The van der Waals surface area contributed by atoms with Gasteiger partial charge in [-0.3, -0.25) is 14.8 Å². The van der Waals surface area contributed by atoms with E-state index < -0.39 is 4.92 Å². The van der Waals surface area contributed by atoms with Crippen molar-refractivity contribution in [3.63, 3.8) is 0 Å². The fraction of sp³-hybridized carbons (Fsp3) is 0.375. The molecule has 0 amide bonds. The predicted molar refractivity (Wildman–Crippen MR) is 61.8 cm³/mol. The molecular weight excluding hydrogens is 244 g/mol. The van der Waals surface area contributed by atoms with Gasteiger partial charge < -0.3 is 5.73 Å². The van der Waals surface area contributed by atoms with Gasteiger partial charge in [-0.1, -0.05) is 11.3 Å². The number of anilines is 1. The Balaban J connectivity index is 2.34. The molecule has 0 saturated heterocycles. The second-order valence-corrected chi connectivity index (χ2v) is 4.53. The molecule has 17 heavy (non-hydrogen) atoms. The average Bonchev–Trinajstić information content (AvgIpc) is 2.83. The second kappa shape index (κ2) is 4.09. The maximum Gasteiger partial charge on any atom is 0.309 e. The number of nitrogen functional groups attached to an aromatic ring is 1. The molecule has 2 aromatic rings. The van der Waals surface area contributed by atoms with Gasteiger partial charge in [0.2, 0.25) is 5.13 Å². The molecule has 2 heterocycles. The lowest BCUT2D eigenvalue weighted by Crippen LogP contribution is -2.07. The third-order valence-corrected chi connectivity index (χ3v) is 3.22. The monoisotopic (exact) mass is 254 g/mol. The van der Waals surface area contributed by atoms with Crippen LogP contribution in [-0.2, 0) is 0 Å². The van der Waals surface area contributed by atoms with Gasteiger partial charge in [-0.15, -0.1) is 10.2 Å². The first-order valence-electron chi connectivity index (χ1n) is 4.78. The van der Waals surface area contributed by atoms with Crippen molar-refractivity contribution in [2.45, 2.75) is 19.9 Å². The van der Waals surface area contributed by atoms with Gasteiger partial charge in [0, 0.05) is 0 Å². The number of nitrogens with zero attached hydrogens (tertiary/aromatic N) is 5. The lowest BCUT2D eigenvalue weighted by molar-refractivity contribution is -0.385. The summed E-state index contributed by atoms with van der Waals surface area (Å²) in [5, 5.41) is 23.4. The summed E-state index contributed by atoms with van der Waals surface area (Å²) in [6.45, 7) is 3.42. The van der Waals surface area contributed by atoms with Crippen LogP contribution in [0.3, 0.4) is 0 Å².